The predicted octanol–water partition coefficient (Wildman–Crippen LogP) is 5.73. The van der Waals surface area contributed by atoms with Gasteiger partial charge in [-0.2, -0.15) is 0 Å². The van der Waals surface area contributed by atoms with Crippen molar-refractivity contribution in [2.75, 3.05) is 20.8 Å². The number of methoxy groups -OCH3 is 2. The van der Waals surface area contributed by atoms with E-state index in [1.54, 1.807) is 32.4 Å². The maximum atomic E-state index is 14.6. The van der Waals surface area contributed by atoms with Crippen LogP contribution in [0.5, 0.6) is 17.2 Å². The predicted molar refractivity (Wildman–Crippen MR) is 148 cm³/mol. The molecule has 1 aliphatic carbocycles. The highest BCUT2D eigenvalue weighted by atomic mass is 19.1. The van der Waals surface area contributed by atoms with E-state index in [0.717, 1.165) is 28.8 Å². The Morgan fingerprint density at radius 1 is 1.05 bits per heavy atom. The largest absolute Gasteiger partial charge is 0.493 e. The summed E-state index contributed by atoms with van der Waals surface area (Å²) in [6, 6.07) is 15.9. The third kappa shape index (κ3) is 4.81. The van der Waals surface area contributed by atoms with Crippen molar-refractivity contribution in [3.05, 3.63) is 77.2 Å². The molecule has 1 atom stereocenters. The third-order valence-electron chi connectivity index (χ3n) is 7.30. The summed E-state index contributed by atoms with van der Waals surface area (Å²) in [6.45, 7) is 3.46. The highest BCUT2D eigenvalue weighted by Gasteiger charge is 2.41. The normalized spacial score (nSPS) is 16.7. The van der Waals surface area contributed by atoms with Gasteiger partial charge in [-0.25, -0.2) is 4.39 Å². The monoisotopic (exact) mass is 532 g/mol. The van der Waals surface area contributed by atoms with E-state index in [2.05, 4.69) is 10.3 Å². The molecule has 8 heteroatoms. The lowest BCUT2D eigenvalue weighted by atomic mass is 9.78. The van der Waals surface area contributed by atoms with Crippen molar-refractivity contribution in [3.63, 3.8) is 0 Å². The Morgan fingerprint density at radius 2 is 1.77 bits per heavy atom. The van der Waals surface area contributed by atoms with Crippen molar-refractivity contribution < 1.29 is 28.5 Å². The number of aryl methyl sites for hydroxylation is 1. The van der Waals surface area contributed by atoms with Gasteiger partial charge in [0.05, 0.1) is 43.5 Å². The van der Waals surface area contributed by atoms with Crippen molar-refractivity contribution in [2.45, 2.75) is 44.8 Å². The second kappa shape index (κ2) is 10.6. The molecule has 0 saturated heterocycles. The summed E-state index contributed by atoms with van der Waals surface area (Å²) in [5.74, 6) is 0.855. The number of aromatic amines is 1. The Hall–Kier alpha value is -4.04. The number of H-pyrrole nitrogens is 1. The number of hydrogen-bond donors (Lipinski definition) is 3. The summed E-state index contributed by atoms with van der Waals surface area (Å²) in [5.41, 5.74) is 2.83. The van der Waals surface area contributed by atoms with Crippen molar-refractivity contribution in [3.8, 4) is 28.4 Å². The Kier molecular flexibility index (Phi) is 7.23. The van der Waals surface area contributed by atoms with E-state index >= 15 is 0 Å². The molecule has 0 bridgehead atoms. The van der Waals surface area contributed by atoms with Crippen LogP contribution in [0.15, 0.2) is 54.6 Å². The molecule has 0 spiro atoms. The van der Waals surface area contributed by atoms with E-state index < -0.39 is 5.54 Å². The van der Waals surface area contributed by atoms with E-state index in [9.17, 15) is 14.3 Å². The average molecular weight is 533 g/mol. The molecule has 0 saturated carbocycles. The molecule has 204 valence electrons. The number of carbonyl (C=O) groups excluding carboxylic acids is 1. The standard InChI is InChI=1S/C31H33FN2O5/c1-18(2)39-25-12-10-19(20-11-13-26(37-3)27(16-20)38-4)15-22(25)30(36)34-31(17-35)14-6-9-24-28(31)21-7-5-8-23(32)29(21)33-24/h5,7-8,10-13,15-16,18,33,35H,6,9,14,17H2,1-4H3,(H,34,36). The van der Waals surface area contributed by atoms with Gasteiger partial charge in [-0.15, -0.1) is 0 Å². The van der Waals surface area contributed by atoms with Crippen molar-refractivity contribution in [1.82, 2.24) is 10.3 Å². The molecule has 39 heavy (non-hydrogen) atoms. The van der Waals surface area contributed by atoms with E-state index in [1.807, 2.05) is 44.2 Å². The summed E-state index contributed by atoms with van der Waals surface area (Å²) < 4.78 is 31.5. The van der Waals surface area contributed by atoms with Crippen LogP contribution in [0.2, 0.25) is 0 Å². The minimum atomic E-state index is -1.08. The van der Waals surface area contributed by atoms with Gasteiger partial charge >= 0.3 is 0 Å². The van der Waals surface area contributed by atoms with Crippen LogP contribution in [0.4, 0.5) is 4.39 Å². The second-order valence-corrected chi connectivity index (χ2v) is 10.1. The molecule has 4 aromatic rings. The van der Waals surface area contributed by atoms with Gasteiger partial charge < -0.3 is 29.6 Å². The highest BCUT2D eigenvalue weighted by molar-refractivity contribution is 5.99. The zero-order valence-corrected chi connectivity index (χ0v) is 22.6. The van der Waals surface area contributed by atoms with Crippen molar-refractivity contribution >= 4 is 16.8 Å². The number of aliphatic hydroxyl groups is 1. The molecule has 1 unspecified atom stereocenters. The number of carbonyl (C=O) groups is 1. The fourth-order valence-corrected chi connectivity index (χ4v) is 5.53. The average Bonchev–Trinajstić information content (AvgIpc) is 3.34. The molecule has 3 aromatic carbocycles. The van der Waals surface area contributed by atoms with Crippen LogP contribution < -0.4 is 19.5 Å². The maximum absolute atomic E-state index is 14.6. The molecule has 1 aliphatic rings. The van der Waals surface area contributed by atoms with Gasteiger partial charge in [0.2, 0.25) is 0 Å². The lowest BCUT2D eigenvalue weighted by Gasteiger charge is -2.37. The molecule has 3 N–H and O–H groups in total. The second-order valence-electron chi connectivity index (χ2n) is 10.1. The number of aliphatic hydroxyl groups excluding tert-OH is 1. The van der Waals surface area contributed by atoms with Gasteiger partial charge in [0, 0.05) is 16.6 Å². The smallest absolute Gasteiger partial charge is 0.255 e. The van der Waals surface area contributed by atoms with Crippen LogP contribution in [-0.2, 0) is 12.0 Å². The number of halogens is 1. The van der Waals surface area contributed by atoms with E-state index in [1.165, 1.54) is 6.07 Å². The zero-order valence-electron chi connectivity index (χ0n) is 22.6. The molecular weight excluding hydrogens is 499 g/mol. The maximum Gasteiger partial charge on any atom is 0.255 e. The Morgan fingerprint density at radius 3 is 2.46 bits per heavy atom. The van der Waals surface area contributed by atoms with E-state index in [0.29, 0.717) is 46.6 Å². The summed E-state index contributed by atoms with van der Waals surface area (Å²) in [5, 5.41) is 14.5. The summed E-state index contributed by atoms with van der Waals surface area (Å²) >= 11 is 0. The third-order valence-corrected chi connectivity index (χ3v) is 7.30. The molecule has 5 rings (SSSR count). The van der Waals surface area contributed by atoms with Crippen LogP contribution in [0.25, 0.3) is 22.0 Å². The summed E-state index contributed by atoms with van der Waals surface area (Å²) in [6.07, 6.45) is 1.79. The Balaban J connectivity index is 1.58. The van der Waals surface area contributed by atoms with E-state index in [-0.39, 0.29) is 24.4 Å². The first kappa shape index (κ1) is 26.6. The Bertz CT molecular complexity index is 1530. The molecule has 1 aromatic heterocycles. The first-order valence-corrected chi connectivity index (χ1v) is 13.1. The number of rotatable bonds is 8. The number of nitrogens with one attached hydrogen (secondary N) is 2. The minimum absolute atomic E-state index is 0.159. The quantitative estimate of drug-likeness (QED) is 0.269. The number of amides is 1. The number of benzene rings is 3. The number of aromatic nitrogens is 1. The van der Waals surface area contributed by atoms with Gasteiger partial charge in [0.25, 0.3) is 5.91 Å². The van der Waals surface area contributed by atoms with Gasteiger partial charge in [0.1, 0.15) is 11.6 Å². The van der Waals surface area contributed by atoms with Gasteiger partial charge in [-0.1, -0.05) is 24.3 Å². The molecule has 7 nitrogen and oxygen atoms in total. The van der Waals surface area contributed by atoms with Crippen LogP contribution in [0, 0.1) is 5.82 Å². The zero-order chi connectivity index (χ0) is 27.7. The molecule has 1 heterocycles. The SMILES string of the molecule is COc1ccc(-c2ccc(OC(C)C)c(C(=O)NC3(CO)CCCc4[nH]c5c(F)cccc5c43)c2)cc1OC. The number of ether oxygens (including phenoxy) is 3. The van der Waals surface area contributed by atoms with Gasteiger partial charge in [-0.3, -0.25) is 4.79 Å². The van der Waals surface area contributed by atoms with Crippen LogP contribution >= 0.6 is 0 Å². The molecule has 1 amide bonds. The minimum Gasteiger partial charge on any atom is -0.493 e. The fourth-order valence-electron chi connectivity index (χ4n) is 5.53. The molecule has 0 fully saturated rings. The van der Waals surface area contributed by atoms with Gasteiger partial charge in [0.15, 0.2) is 11.5 Å². The molecular formula is C31H33FN2O5. The van der Waals surface area contributed by atoms with Crippen LogP contribution in [0.1, 0.15) is 48.3 Å². The summed E-state index contributed by atoms with van der Waals surface area (Å²) in [7, 11) is 3.15. The number of para-hydroxylation sites is 1. The number of hydrogen-bond acceptors (Lipinski definition) is 5. The fraction of sp³-hybridized carbons (Fsp3) is 0.323. The molecule has 0 aliphatic heterocycles. The number of fused-ring (bicyclic) bond motifs is 3. The highest BCUT2D eigenvalue weighted by Crippen LogP contribution is 2.41. The Labute approximate surface area is 226 Å². The first-order valence-electron chi connectivity index (χ1n) is 13.1. The lowest BCUT2D eigenvalue weighted by molar-refractivity contribution is 0.0795. The molecule has 0 radical (unpaired) electrons. The van der Waals surface area contributed by atoms with Crippen molar-refractivity contribution in [1.29, 1.82) is 0 Å². The van der Waals surface area contributed by atoms with Crippen molar-refractivity contribution in [2.24, 2.45) is 0 Å². The lowest BCUT2D eigenvalue weighted by Crippen LogP contribution is -2.50. The topological polar surface area (TPSA) is 92.8 Å². The van der Waals surface area contributed by atoms with E-state index in [4.69, 9.17) is 14.2 Å². The van der Waals surface area contributed by atoms with Crippen LogP contribution in [0.3, 0.4) is 0 Å². The van der Waals surface area contributed by atoms with Gasteiger partial charge in [-0.05, 0) is 74.6 Å². The summed E-state index contributed by atoms with van der Waals surface area (Å²) in [4.78, 5) is 17.2. The van der Waals surface area contributed by atoms with Crippen LogP contribution in [-0.4, -0.2) is 42.9 Å². The first-order chi connectivity index (χ1) is 18.8.